The Balaban J connectivity index is 1.84. The zero-order valence-corrected chi connectivity index (χ0v) is 14.1. The van der Waals surface area contributed by atoms with E-state index in [-0.39, 0.29) is 12.6 Å². The lowest BCUT2D eigenvalue weighted by atomic mass is 9.94. The summed E-state index contributed by atoms with van der Waals surface area (Å²) in [6.07, 6.45) is 2.03. The lowest BCUT2D eigenvalue weighted by Crippen LogP contribution is -2.52. The molecule has 6 nitrogen and oxygen atoms in total. The van der Waals surface area contributed by atoms with Gasteiger partial charge in [-0.15, -0.1) is 0 Å². The molecule has 6 heteroatoms. The lowest BCUT2D eigenvalue weighted by molar-refractivity contribution is -0.144. The van der Waals surface area contributed by atoms with Gasteiger partial charge >= 0.3 is 12.1 Å². The molecule has 1 amide bonds. The molecule has 1 aliphatic rings. The number of unbranched alkanes of at least 4 members (excludes halogenated alkanes) is 1. The number of hydrogen-bond donors (Lipinski definition) is 2. The van der Waals surface area contributed by atoms with Crippen LogP contribution in [0.3, 0.4) is 0 Å². The van der Waals surface area contributed by atoms with Gasteiger partial charge in [0.25, 0.3) is 0 Å². The number of nitrogens with one attached hydrogen (secondary N) is 1. The van der Waals surface area contributed by atoms with E-state index in [2.05, 4.69) is 17.1 Å². The second kappa shape index (κ2) is 9.27. The Kier molecular flexibility index (Phi) is 7.06. The van der Waals surface area contributed by atoms with E-state index >= 15 is 0 Å². The van der Waals surface area contributed by atoms with Crippen molar-refractivity contribution in [3.8, 4) is 0 Å². The van der Waals surface area contributed by atoms with Crippen molar-refractivity contribution in [3.05, 3.63) is 35.9 Å². The standard InChI is InChI=1S/C18H26N2O4/c1-2-3-9-20-11-15(17(21)22)10-16(12-20)19-18(23)24-13-14-7-5-4-6-8-14/h4-8,15-16H,2-3,9-13H2,1H3,(H,19,23)(H,21,22). The molecule has 1 aliphatic heterocycles. The number of amides is 1. The summed E-state index contributed by atoms with van der Waals surface area (Å²) >= 11 is 0. The minimum absolute atomic E-state index is 0.194. The molecule has 1 heterocycles. The molecule has 0 saturated carbocycles. The SMILES string of the molecule is CCCCN1CC(NC(=O)OCc2ccccc2)CC(C(=O)O)C1. The first kappa shape index (κ1) is 18.3. The molecule has 0 aliphatic carbocycles. The third-order valence-electron chi connectivity index (χ3n) is 4.24. The molecule has 1 fully saturated rings. The summed E-state index contributed by atoms with van der Waals surface area (Å²) in [7, 11) is 0. The van der Waals surface area contributed by atoms with Gasteiger partial charge in [0.2, 0.25) is 0 Å². The van der Waals surface area contributed by atoms with Crippen molar-refractivity contribution in [2.24, 2.45) is 5.92 Å². The number of aliphatic carboxylic acids is 1. The van der Waals surface area contributed by atoms with E-state index in [0.29, 0.717) is 19.5 Å². The summed E-state index contributed by atoms with van der Waals surface area (Å²) in [5.41, 5.74) is 0.921. The molecule has 1 aromatic carbocycles. The van der Waals surface area contributed by atoms with Gasteiger partial charge in [0.05, 0.1) is 5.92 Å². The van der Waals surface area contributed by atoms with E-state index in [1.54, 1.807) is 0 Å². The first-order valence-electron chi connectivity index (χ1n) is 8.51. The summed E-state index contributed by atoms with van der Waals surface area (Å²) in [5, 5.41) is 12.1. The van der Waals surface area contributed by atoms with Crippen LogP contribution in [0.25, 0.3) is 0 Å². The summed E-state index contributed by atoms with van der Waals surface area (Å²) in [5.74, 6) is -1.25. The largest absolute Gasteiger partial charge is 0.481 e. The number of ether oxygens (including phenoxy) is 1. The Morgan fingerprint density at radius 2 is 2.04 bits per heavy atom. The van der Waals surface area contributed by atoms with Crippen molar-refractivity contribution in [1.29, 1.82) is 0 Å². The third kappa shape index (κ3) is 5.85. The number of likely N-dealkylation sites (tertiary alicyclic amines) is 1. The van der Waals surface area contributed by atoms with Crippen molar-refractivity contribution < 1.29 is 19.4 Å². The molecule has 1 aromatic rings. The van der Waals surface area contributed by atoms with Crippen LogP contribution in [0.15, 0.2) is 30.3 Å². The number of carbonyl (C=O) groups is 2. The summed E-state index contributed by atoms with van der Waals surface area (Å²) in [4.78, 5) is 25.4. The smallest absolute Gasteiger partial charge is 0.407 e. The maximum absolute atomic E-state index is 12.0. The normalized spacial score (nSPS) is 21.2. The van der Waals surface area contributed by atoms with Gasteiger partial charge in [-0.2, -0.15) is 0 Å². The van der Waals surface area contributed by atoms with Gasteiger partial charge in [-0.1, -0.05) is 43.7 Å². The number of alkyl carbamates (subject to hydrolysis) is 1. The van der Waals surface area contributed by atoms with E-state index in [4.69, 9.17) is 4.74 Å². The van der Waals surface area contributed by atoms with E-state index in [1.807, 2.05) is 30.3 Å². The second-order valence-electron chi connectivity index (χ2n) is 6.29. The molecular formula is C18H26N2O4. The monoisotopic (exact) mass is 334 g/mol. The molecule has 0 spiro atoms. The molecule has 2 rings (SSSR count). The zero-order chi connectivity index (χ0) is 17.4. The van der Waals surface area contributed by atoms with Crippen LogP contribution in [0.1, 0.15) is 31.7 Å². The first-order valence-corrected chi connectivity index (χ1v) is 8.51. The van der Waals surface area contributed by atoms with E-state index in [9.17, 15) is 14.7 Å². The zero-order valence-electron chi connectivity index (χ0n) is 14.1. The third-order valence-corrected chi connectivity index (χ3v) is 4.24. The highest BCUT2D eigenvalue weighted by molar-refractivity contribution is 5.71. The average Bonchev–Trinajstić information content (AvgIpc) is 2.59. The van der Waals surface area contributed by atoms with Crippen LogP contribution >= 0.6 is 0 Å². The predicted octanol–water partition coefficient (Wildman–Crippen LogP) is 2.49. The number of benzene rings is 1. The fraction of sp³-hybridized carbons (Fsp3) is 0.556. The number of hydrogen-bond acceptors (Lipinski definition) is 4. The minimum atomic E-state index is -0.805. The molecule has 2 unspecified atom stereocenters. The highest BCUT2D eigenvalue weighted by atomic mass is 16.5. The maximum Gasteiger partial charge on any atom is 0.407 e. The molecule has 132 valence electrons. The van der Waals surface area contributed by atoms with Crippen LogP contribution in [0.4, 0.5) is 4.79 Å². The van der Waals surface area contributed by atoms with E-state index < -0.39 is 18.0 Å². The number of piperidine rings is 1. The fourth-order valence-electron chi connectivity index (χ4n) is 2.97. The van der Waals surface area contributed by atoms with Crippen LogP contribution in [0, 0.1) is 5.92 Å². The summed E-state index contributed by atoms with van der Waals surface area (Å²) in [6.45, 7) is 4.39. The lowest BCUT2D eigenvalue weighted by Gasteiger charge is -2.36. The van der Waals surface area contributed by atoms with Gasteiger partial charge in [0.15, 0.2) is 0 Å². The number of rotatable bonds is 7. The van der Waals surface area contributed by atoms with Crippen molar-refractivity contribution in [3.63, 3.8) is 0 Å². The Bertz CT molecular complexity index is 535. The number of nitrogens with zero attached hydrogens (tertiary/aromatic N) is 1. The van der Waals surface area contributed by atoms with Crippen molar-refractivity contribution in [2.75, 3.05) is 19.6 Å². The van der Waals surface area contributed by atoms with Crippen molar-refractivity contribution in [2.45, 2.75) is 38.8 Å². The van der Waals surface area contributed by atoms with Gasteiger partial charge in [0, 0.05) is 19.1 Å². The van der Waals surface area contributed by atoms with Crippen LogP contribution in [0.5, 0.6) is 0 Å². The van der Waals surface area contributed by atoms with Gasteiger partial charge in [-0.25, -0.2) is 4.79 Å². The molecule has 2 N–H and O–H groups in total. The fourth-order valence-corrected chi connectivity index (χ4v) is 2.97. The topological polar surface area (TPSA) is 78.9 Å². The van der Waals surface area contributed by atoms with E-state index in [1.165, 1.54) is 0 Å². The van der Waals surface area contributed by atoms with Crippen LogP contribution in [0.2, 0.25) is 0 Å². The molecule has 0 aromatic heterocycles. The van der Waals surface area contributed by atoms with Gasteiger partial charge < -0.3 is 20.1 Å². The number of carbonyl (C=O) groups excluding carboxylic acids is 1. The predicted molar refractivity (Wildman–Crippen MR) is 90.6 cm³/mol. The maximum atomic E-state index is 12.0. The quantitative estimate of drug-likeness (QED) is 0.801. The van der Waals surface area contributed by atoms with Crippen molar-refractivity contribution in [1.82, 2.24) is 10.2 Å². The Labute approximate surface area is 142 Å². The van der Waals surface area contributed by atoms with Crippen LogP contribution in [-0.4, -0.2) is 47.7 Å². The van der Waals surface area contributed by atoms with Crippen LogP contribution < -0.4 is 5.32 Å². The second-order valence-corrected chi connectivity index (χ2v) is 6.29. The average molecular weight is 334 g/mol. The Morgan fingerprint density at radius 3 is 2.71 bits per heavy atom. The highest BCUT2D eigenvalue weighted by Crippen LogP contribution is 2.18. The number of carboxylic acids is 1. The minimum Gasteiger partial charge on any atom is -0.481 e. The summed E-state index contributed by atoms with van der Waals surface area (Å²) < 4.78 is 5.23. The van der Waals surface area contributed by atoms with Crippen LogP contribution in [-0.2, 0) is 16.1 Å². The molecular weight excluding hydrogens is 308 g/mol. The van der Waals surface area contributed by atoms with Crippen molar-refractivity contribution >= 4 is 12.1 Å². The Hall–Kier alpha value is -2.08. The molecule has 0 radical (unpaired) electrons. The molecule has 1 saturated heterocycles. The molecule has 24 heavy (non-hydrogen) atoms. The highest BCUT2D eigenvalue weighted by Gasteiger charge is 2.32. The number of carboxylic acid groups (broad SMARTS) is 1. The van der Waals surface area contributed by atoms with Gasteiger partial charge in [-0.05, 0) is 24.9 Å². The van der Waals surface area contributed by atoms with E-state index in [0.717, 1.165) is 24.9 Å². The van der Waals surface area contributed by atoms with Gasteiger partial charge in [0.1, 0.15) is 6.61 Å². The van der Waals surface area contributed by atoms with Gasteiger partial charge in [-0.3, -0.25) is 4.79 Å². The summed E-state index contributed by atoms with van der Waals surface area (Å²) in [6, 6.07) is 9.27. The Morgan fingerprint density at radius 1 is 1.29 bits per heavy atom. The molecule has 2 atom stereocenters. The molecule has 0 bridgehead atoms. The first-order chi connectivity index (χ1) is 11.6.